The van der Waals surface area contributed by atoms with Crippen molar-refractivity contribution in [2.24, 2.45) is 0 Å². The zero-order chi connectivity index (χ0) is 21.8. The Labute approximate surface area is 173 Å². The van der Waals surface area contributed by atoms with Crippen molar-refractivity contribution in [1.29, 1.82) is 0 Å². The van der Waals surface area contributed by atoms with Crippen LogP contribution in [0.15, 0.2) is 48.5 Å². The van der Waals surface area contributed by atoms with Crippen molar-refractivity contribution >= 4 is 21.6 Å². The second kappa shape index (κ2) is 8.86. The summed E-state index contributed by atoms with van der Waals surface area (Å²) < 4.78 is 30.6. The average molecular weight is 419 g/mol. The number of methoxy groups -OCH3 is 1. The fraction of sp³-hybridized carbons (Fsp3) is 0.409. The Balaban J connectivity index is 2.11. The van der Waals surface area contributed by atoms with Gasteiger partial charge in [0.1, 0.15) is 12.3 Å². The van der Waals surface area contributed by atoms with Gasteiger partial charge >= 0.3 is 0 Å². The largest absolute Gasteiger partial charge is 0.497 e. The maximum atomic E-state index is 12.6. The van der Waals surface area contributed by atoms with E-state index in [0.29, 0.717) is 11.4 Å². The Morgan fingerprint density at radius 3 is 2.07 bits per heavy atom. The minimum atomic E-state index is -3.62. The molecule has 0 saturated heterocycles. The number of nitrogens with one attached hydrogen (secondary N) is 1. The normalized spacial score (nSPS) is 12.9. The van der Waals surface area contributed by atoms with Gasteiger partial charge in [0.2, 0.25) is 15.9 Å². The van der Waals surface area contributed by atoms with Gasteiger partial charge in [0.05, 0.1) is 25.1 Å². The molecule has 0 fully saturated rings. The van der Waals surface area contributed by atoms with Gasteiger partial charge in [-0.2, -0.15) is 0 Å². The molecule has 1 N–H and O–H groups in total. The number of carbonyl (C=O) groups excluding carboxylic acids is 1. The first kappa shape index (κ1) is 22.7. The van der Waals surface area contributed by atoms with Gasteiger partial charge in [-0.15, -0.1) is 0 Å². The number of hydrogen-bond donors (Lipinski definition) is 1. The second-order valence-corrected chi connectivity index (χ2v) is 10.0. The fourth-order valence-electron chi connectivity index (χ4n) is 2.92. The minimum Gasteiger partial charge on any atom is -0.497 e. The van der Waals surface area contributed by atoms with E-state index in [9.17, 15) is 13.2 Å². The highest BCUT2D eigenvalue weighted by molar-refractivity contribution is 7.92. The van der Waals surface area contributed by atoms with Crippen LogP contribution >= 0.6 is 0 Å². The highest BCUT2D eigenvalue weighted by Gasteiger charge is 2.22. The summed E-state index contributed by atoms with van der Waals surface area (Å²) >= 11 is 0. The molecule has 0 aliphatic carbocycles. The molecule has 0 radical (unpaired) electrons. The van der Waals surface area contributed by atoms with E-state index in [1.807, 2.05) is 19.1 Å². The number of ether oxygens (including phenoxy) is 1. The van der Waals surface area contributed by atoms with Gasteiger partial charge in [0.25, 0.3) is 0 Å². The summed E-state index contributed by atoms with van der Waals surface area (Å²) in [5.74, 6) is 0.234. The number of amides is 1. The van der Waals surface area contributed by atoms with E-state index in [-0.39, 0.29) is 23.9 Å². The van der Waals surface area contributed by atoms with Gasteiger partial charge in [0.15, 0.2) is 0 Å². The summed E-state index contributed by atoms with van der Waals surface area (Å²) in [7, 11) is -2.09. The first-order valence-electron chi connectivity index (χ1n) is 9.43. The highest BCUT2D eigenvalue weighted by atomic mass is 32.2. The molecule has 0 aromatic heterocycles. The Morgan fingerprint density at radius 2 is 1.62 bits per heavy atom. The zero-order valence-corrected chi connectivity index (χ0v) is 18.7. The summed E-state index contributed by atoms with van der Waals surface area (Å²) in [6.07, 6.45) is 1.08. The van der Waals surface area contributed by atoms with E-state index < -0.39 is 10.0 Å². The monoisotopic (exact) mass is 418 g/mol. The number of sulfonamides is 1. The first-order chi connectivity index (χ1) is 13.4. The summed E-state index contributed by atoms with van der Waals surface area (Å²) in [5, 5.41) is 2.88. The molecule has 2 aromatic carbocycles. The first-order valence-corrected chi connectivity index (χ1v) is 11.3. The van der Waals surface area contributed by atoms with Crippen LogP contribution in [0.3, 0.4) is 0 Å². The molecule has 29 heavy (non-hydrogen) atoms. The van der Waals surface area contributed by atoms with Crippen LogP contribution < -0.4 is 14.4 Å². The van der Waals surface area contributed by atoms with Gasteiger partial charge in [-0.1, -0.05) is 45.0 Å². The molecule has 158 valence electrons. The molecule has 1 atom stereocenters. The zero-order valence-electron chi connectivity index (χ0n) is 17.9. The van der Waals surface area contributed by atoms with Gasteiger partial charge < -0.3 is 10.1 Å². The Morgan fingerprint density at radius 1 is 1.07 bits per heavy atom. The van der Waals surface area contributed by atoms with E-state index in [2.05, 4.69) is 38.2 Å². The molecule has 7 heteroatoms. The van der Waals surface area contributed by atoms with Crippen LogP contribution in [-0.2, 0) is 20.2 Å². The molecule has 0 aliphatic heterocycles. The topological polar surface area (TPSA) is 75.7 Å². The molecular formula is C22H30N2O4S. The van der Waals surface area contributed by atoms with E-state index in [4.69, 9.17) is 4.74 Å². The van der Waals surface area contributed by atoms with Crippen LogP contribution in [0.4, 0.5) is 5.69 Å². The van der Waals surface area contributed by atoms with Crippen molar-refractivity contribution in [2.75, 3.05) is 24.2 Å². The number of carbonyl (C=O) groups is 1. The van der Waals surface area contributed by atoms with Crippen LogP contribution in [0.2, 0.25) is 0 Å². The van der Waals surface area contributed by atoms with E-state index in [1.165, 1.54) is 12.7 Å². The molecule has 0 saturated carbocycles. The number of rotatable bonds is 7. The number of benzene rings is 2. The summed E-state index contributed by atoms with van der Waals surface area (Å²) in [5.41, 5.74) is 2.63. The summed E-state index contributed by atoms with van der Waals surface area (Å²) in [6, 6.07) is 14.4. The lowest BCUT2D eigenvalue weighted by Gasteiger charge is -2.24. The van der Waals surface area contributed by atoms with Crippen LogP contribution in [0.25, 0.3) is 0 Å². The Hall–Kier alpha value is -2.54. The van der Waals surface area contributed by atoms with Gasteiger partial charge in [0, 0.05) is 0 Å². The van der Waals surface area contributed by atoms with Crippen molar-refractivity contribution in [3.63, 3.8) is 0 Å². The molecule has 0 spiro atoms. The summed E-state index contributed by atoms with van der Waals surface area (Å²) in [4.78, 5) is 12.6. The molecular weight excluding hydrogens is 388 g/mol. The number of nitrogens with zero attached hydrogens (tertiary/aromatic N) is 1. The molecule has 2 aromatic rings. The molecule has 6 nitrogen and oxygen atoms in total. The maximum absolute atomic E-state index is 12.6. The van der Waals surface area contributed by atoms with Gasteiger partial charge in [-0.25, -0.2) is 8.42 Å². The average Bonchev–Trinajstić information content (AvgIpc) is 2.64. The fourth-order valence-corrected chi connectivity index (χ4v) is 3.78. The molecule has 0 aliphatic rings. The highest BCUT2D eigenvalue weighted by Crippen LogP contribution is 2.24. The van der Waals surface area contributed by atoms with Crippen LogP contribution in [-0.4, -0.2) is 34.2 Å². The SMILES string of the molecule is COc1ccc(N(CC(=O)NC(C)c2ccc(C(C)(C)C)cc2)S(C)(=O)=O)cc1. The molecule has 0 heterocycles. The predicted molar refractivity (Wildman–Crippen MR) is 117 cm³/mol. The third-order valence-electron chi connectivity index (χ3n) is 4.70. The standard InChI is InChI=1S/C22H30N2O4S/c1-16(17-7-9-18(10-8-17)22(2,3)4)23-21(25)15-24(29(6,26)27)19-11-13-20(28-5)14-12-19/h7-14,16H,15H2,1-6H3,(H,23,25). The lowest BCUT2D eigenvalue weighted by Crippen LogP contribution is -2.41. The van der Waals surface area contributed by atoms with Crippen molar-refractivity contribution in [2.45, 2.75) is 39.2 Å². The Bertz CT molecular complexity index is 930. The van der Waals surface area contributed by atoms with E-state index in [1.54, 1.807) is 24.3 Å². The van der Waals surface area contributed by atoms with Crippen LogP contribution in [0, 0.1) is 0 Å². The minimum absolute atomic E-state index is 0.0549. The van der Waals surface area contributed by atoms with Crippen molar-refractivity contribution in [3.05, 3.63) is 59.7 Å². The molecule has 1 unspecified atom stereocenters. The van der Waals surface area contributed by atoms with Crippen LogP contribution in [0.5, 0.6) is 5.75 Å². The molecule has 2 rings (SSSR count). The summed E-state index contributed by atoms with van der Waals surface area (Å²) in [6.45, 7) is 8.02. The number of anilines is 1. The van der Waals surface area contributed by atoms with Gasteiger partial charge in [-0.3, -0.25) is 9.10 Å². The maximum Gasteiger partial charge on any atom is 0.241 e. The third-order valence-corrected chi connectivity index (χ3v) is 5.84. The lowest BCUT2D eigenvalue weighted by atomic mass is 9.86. The smallest absolute Gasteiger partial charge is 0.241 e. The molecule has 0 bridgehead atoms. The number of hydrogen-bond acceptors (Lipinski definition) is 4. The second-order valence-electron chi connectivity index (χ2n) is 8.13. The Kier molecular flexibility index (Phi) is 6.95. The third kappa shape index (κ3) is 6.22. The predicted octanol–water partition coefficient (Wildman–Crippen LogP) is 3.64. The van der Waals surface area contributed by atoms with Crippen molar-refractivity contribution in [1.82, 2.24) is 5.32 Å². The van der Waals surface area contributed by atoms with Crippen molar-refractivity contribution < 1.29 is 17.9 Å². The lowest BCUT2D eigenvalue weighted by molar-refractivity contribution is -0.120. The molecule has 1 amide bonds. The quantitative estimate of drug-likeness (QED) is 0.745. The van der Waals surface area contributed by atoms with Crippen LogP contribution in [0.1, 0.15) is 44.9 Å². The van der Waals surface area contributed by atoms with Crippen molar-refractivity contribution in [3.8, 4) is 5.75 Å². The van der Waals surface area contributed by atoms with E-state index in [0.717, 1.165) is 16.1 Å². The van der Waals surface area contributed by atoms with Gasteiger partial charge in [-0.05, 0) is 47.7 Å². The van der Waals surface area contributed by atoms with E-state index >= 15 is 0 Å².